The minimum Gasteiger partial charge on any atom is -0.490 e. The van der Waals surface area contributed by atoms with Gasteiger partial charge < -0.3 is 9.15 Å². The van der Waals surface area contributed by atoms with Crippen LogP contribution in [-0.2, 0) is 6.42 Å². The average molecular weight is 284 g/mol. The van der Waals surface area contributed by atoms with Gasteiger partial charge in [0.1, 0.15) is 0 Å². The summed E-state index contributed by atoms with van der Waals surface area (Å²) < 4.78 is 24.3. The van der Waals surface area contributed by atoms with Gasteiger partial charge in [-0.2, -0.15) is 0 Å². The first-order valence-electron chi connectivity index (χ1n) is 6.58. The van der Waals surface area contributed by atoms with Crippen molar-refractivity contribution in [3.05, 3.63) is 66.3 Å². The van der Waals surface area contributed by atoms with Gasteiger partial charge in [0.25, 0.3) is 0 Å². The molecule has 0 aliphatic heterocycles. The third-order valence-electron chi connectivity index (χ3n) is 2.90. The van der Waals surface area contributed by atoms with Crippen LogP contribution in [0.3, 0.4) is 0 Å². The van der Waals surface area contributed by atoms with Crippen LogP contribution in [0.15, 0.2) is 59.0 Å². The van der Waals surface area contributed by atoms with E-state index in [1.54, 1.807) is 18.2 Å². The van der Waals surface area contributed by atoms with Gasteiger partial charge in [-0.15, -0.1) is 10.2 Å². The second kappa shape index (κ2) is 6.17. The molecular formula is C16H13FN2O2. The zero-order chi connectivity index (χ0) is 14.5. The van der Waals surface area contributed by atoms with Gasteiger partial charge in [0.2, 0.25) is 11.8 Å². The topological polar surface area (TPSA) is 48.2 Å². The molecule has 0 spiro atoms. The Morgan fingerprint density at radius 1 is 0.952 bits per heavy atom. The van der Waals surface area contributed by atoms with Crippen molar-refractivity contribution in [2.24, 2.45) is 0 Å². The zero-order valence-corrected chi connectivity index (χ0v) is 11.2. The highest BCUT2D eigenvalue weighted by molar-refractivity contribution is 5.51. The van der Waals surface area contributed by atoms with Crippen LogP contribution < -0.4 is 4.74 Å². The van der Waals surface area contributed by atoms with Gasteiger partial charge in [0.15, 0.2) is 11.6 Å². The Morgan fingerprint density at radius 2 is 1.71 bits per heavy atom. The molecule has 4 nitrogen and oxygen atoms in total. The standard InChI is InChI=1S/C16H13FN2O2/c17-13-8-4-5-9-14(13)20-11-10-15-18-19-16(21-15)12-6-2-1-3-7-12/h1-9H,10-11H2. The van der Waals surface area contributed by atoms with E-state index in [9.17, 15) is 4.39 Å². The zero-order valence-electron chi connectivity index (χ0n) is 11.2. The molecule has 0 bridgehead atoms. The highest BCUT2D eigenvalue weighted by Crippen LogP contribution is 2.18. The molecule has 0 N–H and O–H groups in total. The second-order valence-corrected chi connectivity index (χ2v) is 4.40. The SMILES string of the molecule is Fc1ccccc1OCCc1nnc(-c2ccccc2)o1. The summed E-state index contributed by atoms with van der Waals surface area (Å²) in [5, 5.41) is 7.94. The van der Waals surface area contributed by atoms with E-state index in [0.29, 0.717) is 18.2 Å². The van der Waals surface area contributed by atoms with Crippen LogP contribution >= 0.6 is 0 Å². The van der Waals surface area contributed by atoms with E-state index in [-0.39, 0.29) is 18.2 Å². The van der Waals surface area contributed by atoms with Crippen LogP contribution in [0.2, 0.25) is 0 Å². The molecule has 1 aromatic heterocycles. The summed E-state index contributed by atoms with van der Waals surface area (Å²) in [5.74, 6) is 0.773. The Morgan fingerprint density at radius 3 is 2.52 bits per heavy atom. The van der Waals surface area contributed by atoms with Crippen molar-refractivity contribution in [1.82, 2.24) is 10.2 Å². The third-order valence-corrected chi connectivity index (χ3v) is 2.90. The fraction of sp³-hybridized carbons (Fsp3) is 0.125. The summed E-state index contributed by atoms with van der Waals surface area (Å²) in [4.78, 5) is 0. The maximum absolute atomic E-state index is 13.4. The van der Waals surface area contributed by atoms with Crippen molar-refractivity contribution >= 4 is 0 Å². The van der Waals surface area contributed by atoms with E-state index in [2.05, 4.69) is 10.2 Å². The normalized spacial score (nSPS) is 10.5. The molecule has 1 heterocycles. The molecule has 0 atom stereocenters. The lowest BCUT2D eigenvalue weighted by atomic mass is 10.2. The van der Waals surface area contributed by atoms with Crippen molar-refractivity contribution in [3.63, 3.8) is 0 Å². The Kier molecular flexibility index (Phi) is 3.91. The predicted molar refractivity (Wildman–Crippen MR) is 75.3 cm³/mol. The molecular weight excluding hydrogens is 271 g/mol. The summed E-state index contributed by atoms with van der Waals surface area (Å²) in [6.45, 7) is 0.275. The first-order valence-corrected chi connectivity index (χ1v) is 6.58. The summed E-state index contributed by atoms with van der Waals surface area (Å²) in [6.07, 6.45) is 0.425. The van der Waals surface area contributed by atoms with E-state index in [4.69, 9.17) is 9.15 Å². The van der Waals surface area contributed by atoms with Crippen molar-refractivity contribution in [3.8, 4) is 17.2 Å². The molecule has 0 unspecified atom stereocenters. The maximum Gasteiger partial charge on any atom is 0.247 e. The van der Waals surface area contributed by atoms with E-state index < -0.39 is 0 Å². The number of hydrogen-bond acceptors (Lipinski definition) is 4. The first-order chi connectivity index (χ1) is 10.3. The molecule has 0 amide bonds. The summed E-state index contributed by atoms with van der Waals surface area (Å²) in [6, 6.07) is 15.8. The van der Waals surface area contributed by atoms with Gasteiger partial charge >= 0.3 is 0 Å². The largest absolute Gasteiger partial charge is 0.490 e. The molecule has 0 saturated carbocycles. The molecule has 0 aliphatic carbocycles. The van der Waals surface area contributed by atoms with Crippen LogP contribution in [0.1, 0.15) is 5.89 Å². The summed E-state index contributed by atoms with van der Waals surface area (Å²) in [7, 11) is 0. The Balaban J connectivity index is 1.60. The predicted octanol–water partition coefficient (Wildman–Crippen LogP) is 3.50. The van der Waals surface area contributed by atoms with Gasteiger partial charge in [-0.25, -0.2) is 4.39 Å². The number of halogens is 1. The van der Waals surface area contributed by atoms with Crippen LogP contribution in [-0.4, -0.2) is 16.8 Å². The number of ether oxygens (including phenoxy) is 1. The summed E-state index contributed by atoms with van der Waals surface area (Å²) >= 11 is 0. The minimum atomic E-state index is -0.381. The highest BCUT2D eigenvalue weighted by atomic mass is 19.1. The number of nitrogens with zero attached hydrogens (tertiary/aromatic N) is 2. The lowest BCUT2D eigenvalue weighted by Crippen LogP contribution is -2.02. The molecule has 21 heavy (non-hydrogen) atoms. The van der Waals surface area contributed by atoms with E-state index >= 15 is 0 Å². The molecule has 0 fully saturated rings. The number of rotatable bonds is 5. The molecule has 0 saturated heterocycles. The fourth-order valence-corrected chi connectivity index (χ4v) is 1.86. The van der Waals surface area contributed by atoms with Gasteiger partial charge in [0, 0.05) is 5.56 Å². The monoisotopic (exact) mass is 284 g/mol. The smallest absolute Gasteiger partial charge is 0.247 e. The Labute approximate surface area is 121 Å². The van der Waals surface area contributed by atoms with Crippen LogP contribution in [0, 0.1) is 5.82 Å². The van der Waals surface area contributed by atoms with Gasteiger partial charge in [0.05, 0.1) is 13.0 Å². The molecule has 106 valence electrons. The van der Waals surface area contributed by atoms with Crippen molar-refractivity contribution in [1.29, 1.82) is 0 Å². The number of hydrogen-bond donors (Lipinski definition) is 0. The van der Waals surface area contributed by atoms with E-state index in [0.717, 1.165) is 5.56 Å². The van der Waals surface area contributed by atoms with Crippen molar-refractivity contribution in [2.45, 2.75) is 6.42 Å². The molecule has 2 aromatic carbocycles. The van der Waals surface area contributed by atoms with E-state index in [1.165, 1.54) is 6.07 Å². The van der Waals surface area contributed by atoms with Gasteiger partial charge in [-0.1, -0.05) is 30.3 Å². The fourth-order valence-electron chi connectivity index (χ4n) is 1.86. The molecule has 3 rings (SSSR count). The maximum atomic E-state index is 13.4. The lowest BCUT2D eigenvalue weighted by molar-refractivity contribution is 0.292. The number of para-hydroxylation sites is 1. The first kappa shape index (κ1) is 13.3. The molecule has 3 aromatic rings. The third kappa shape index (κ3) is 3.25. The molecule has 5 heteroatoms. The second-order valence-electron chi connectivity index (χ2n) is 4.40. The Bertz CT molecular complexity index is 713. The van der Waals surface area contributed by atoms with Gasteiger partial charge in [-0.05, 0) is 24.3 Å². The minimum absolute atomic E-state index is 0.222. The molecule has 0 aliphatic rings. The van der Waals surface area contributed by atoms with Crippen LogP contribution in [0.4, 0.5) is 4.39 Å². The highest BCUT2D eigenvalue weighted by Gasteiger charge is 2.08. The molecule has 0 radical (unpaired) electrons. The number of benzene rings is 2. The van der Waals surface area contributed by atoms with Crippen LogP contribution in [0.5, 0.6) is 5.75 Å². The van der Waals surface area contributed by atoms with Crippen LogP contribution in [0.25, 0.3) is 11.5 Å². The Hall–Kier alpha value is -2.69. The van der Waals surface area contributed by atoms with Crippen molar-refractivity contribution in [2.75, 3.05) is 6.61 Å². The summed E-state index contributed by atoms with van der Waals surface area (Å²) in [5.41, 5.74) is 0.867. The van der Waals surface area contributed by atoms with E-state index in [1.807, 2.05) is 30.3 Å². The number of aromatic nitrogens is 2. The lowest BCUT2D eigenvalue weighted by Gasteiger charge is -2.04. The average Bonchev–Trinajstić information content (AvgIpc) is 2.99. The van der Waals surface area contributed by atoms with Crippen molar-refractivity contribution < 1.29 is 13.5 Å². The van der Waals surface area contributed by atoms with Gasteiger partial charge in [-0.3, -0.25) is 0 Å². The quantitative estimate of drug-likeness (QED) is 0.719.